The average molecular weight is 181 g/mol. The fourth-order valence-electron chi connectivity index (χ4n) is 1.04. The Bertz CT molecular complexity index is 435. The maximum absolute atomic E-state index is 10.7. The SMILES string of the molecule is O=C(Cl)c1ccc2[nH]ccc2n1. The Hall–Kier alpha value is -1.35. The molecule has 2 rings (SSSR count). The summed E-state index contributed by atoms with van der Waals surface area (Å²) in [5.74, 6) is 0. The number of carbonyl (C=O) groups excluding carboxylic acids is 1. The van der Waals surface area contributed by atoms with Gasteiger partial charge in [0, 0.05) is 6.20 Å². The highest BCUT2D eigenvalue weighted by atomic mass is 35.5. The number of fused-ring (bicyclic) bond motifs is 1. The molecule has 4 heteroatoms. The van der Waals surface area contributed by atoms with Crippen LogP contribution in [0.3, 0.4) is 0 Å². The lowest BCUT2D eigenvalue weighted by atomic mass is 10.3. The Morgan fingerprint density at radius 1 is 1.42 bits per heavy atom. The number of hydrogen-bond acceptors (Lipinski definition) is 2. The molecule has 0 aromatic carbocycles. The second kappa shape index (κ2) is 2.60. The highest BCUT2D eigenvalue weighted by Gasteiger charge is 2.03. The van der Waals surface area contributed by atoms with E-state index >= 15 is 0 Å². The lowest BCUT2D eigenvalue weighted by molar-refractivity contribution is 0.107. The summed E-state index contributed by atoms with van der Waals surface area (Å²) in [6.07, 6.45) is 1.76. The molecule has 60 valence electrons. The van der Waals surface area contributed by atoms with Crippen molar-refractivity contribution in [1.29, 1.82) is 0 Å². The fourth-order valence-corrected chi connectivity index (χ4v) is 1.15. The van der Waals surface area contributed by atoms with Crippen molar-refractivity contribution >= 4 is 27.9 Å². The van der Waals surface area contributed by atoms with Crippen LogP contribution in [0.2, 0.25) is 0 Å². The Balaban J connectivity index is 2.68. The highest BCUT2D eigenvalue weighted by molar-refractivity contribution is 6.67. The molecule has 1 N–H and O–H groups in total. The molecular formula is C8H5ClN2O. The van der Waals surface area contributed by atoms with Crippen LogP contribution < -0.4 is 0 Å². The van der Waals surface area contributed by atoms with Crippen LogP contribution in [-0.2, 0) is 0 Å². The Morgan fingerprint density at radius 2 is 2.25 bits per heavy atom. The minimum atomic E-state index is -0.530. The average Bonchev–Trinajstić information content (AvgIpc) is 2.49. The molecule has 12 heavy (non-hydrogen) atoms. The van der Waals surface area contributed by atoms with Crippen molar-refractivity contribution in [1.82, 2.24) is 9.97 Å². The standard InChI is InChI=1S/C8H5ClN2O/c9-8(12)7-2-1-5-6(11-7)3-4-10-5/h1-4,10H. The number of hydrogen-bond donors (Lipinski definition) is 1. The molecule has 0 atom stereocenters. The van der Waals surface area contributed by atoms with E-state index in [2.05, 4.69) is 9.97 Å². The molecule has 2 heterocycles. The third-order valence-electron chi connectivity index (χ3n) is 1.61. The first-order valence-electron chi connectivity index (χ1n) is 3.41. The molecule has 0 amide bonds. The largest absolute Gasteiger partial charge is 0.360 e. The van der Waals surface area contributed by atoms with Crippen LogP contribution in [0.15, 0.2) is 24.4 Å². The lowest BCUT2D eigenvalue weighted by Crippen LogP contribution is -1.92. The Kier molecular flexibility index (Phi) is 1.59. The van der Waals surface area contributed by atoms with Gasteiger partial charge < -0.3 is 4.98 Å². The van der Waals surface area contributed by atoms with Crippen LogP contribution >= 0.6 is 11.6 Å². The van der Waals surface area contributed by atoms with Gasteiger partial charge >= 0.3 is 0 Å². The van der Waals surface area contributed by atoms with Gasteiger partial charge in [-0.3, -0.25) is 4.79 Å². The summed E-state index contributed by atoms with van der Waals surface area (Å²) in [5, 5.41) is -0.530. The van der Waals surface area contributed by atoms with Crippen LogP contribution in [0.25, 0.3) is 11.0 Å². The molecule has 0 fully saturated rings. The predicted octanol–water partition coefficient (Wildman–Crippen LogP) is 1.94. The molecule has 0 unspecified atom stereocenters. The summed E-state index contributed by atoms with van der Waals surface area (Å²) >= 11 is 5.26. The maximum atomic E-state index is 10.7. The third kappa shape index (κ3) is 1.08. The van der Waals surface area contributed by atoms with Gasteiger partial charge in [-0.2, -0.15) is 0 Å². The second-order valence-electron chi connectivity index (χ2n) is 2.38. The van der Waals surface area contributed by atoms with Crippen molar-refractivity contribution in [3.8, 4) is 0 Å². The van der Waals surface area contributed by atoms with Crippen molar-refractivity contribution in [2.24, 2.45) is 0 Å². The number of carbonyl (C=O) groups is 1. The van der Waals surface area contributed by atoms with Gasteiger partial charge in [0.2, 0.25) is 0 Å². The maximum Gasteiger partial charge on any atom is 0.270 e. The zero-order valence-corrected chi connectivity index (χ0v) is 6.80. The molecule has 0 saturated heterocycles. The number of pyridine rings is 1. The van der Waals surface area contributed by atoms with Crippen LogP contribution in [0.4, 0.5) is 0 Å². The van der Waals surface area contributed by atoms with E-state index in [9.17, 15) is 4.79 Å². The minimum Gasteiger partial charge on any atom is -0.360 e. The van der Waals surface area contributed by atoms with Gasteiger partial charge in [0.1, 0.15) is 5.69 Å². The topological polar surface area (TPSA) is 45.8 Å². The molecule has 0 spiro atoms. The summed E-state index contributed by atoms with van der Waals surface area (Å²) in [6.45, 7) is 0. The van der Waals surface area contributed by atoms with Gasteiger partial charge in [0.05, 0.1) is 11.0 Å². The van der Waals surface area contributed by atoms with Crippen molar-refractivity contribution in [2.45, 2.75) is 0 Å². The molecule has 3 nitrogen and oxygen atoms in total. The van der Waals surface area contributed by atoms with E-state index < -0.39 is 5.24 Å². The Labute approximate surface area is 73.4 Å². The molecule has 2 aromatic heterocycles. The van der Waals surface area contributed by atoms with E-state index in [1.165, 1.54) is 0 Å². The lowest BCUT2D eigenvalue weighted by Gasteiger charge is -1.92. The van der Waals surface area contributed by atoms with Crippen molar-refractivity contribution < 1.29 is 4.79 Å². The number of nitrogens with zero attached hydrogens (tertiary/aromatic N) is 1. The van der Waals surface area contributed by atoms with E-state index in [4.69, 9.17) is 11.6 Å². The molecular weight excluding hydrogens is 176 g/mol. The van der Waals surface area contributed by atoms with Crippen LogP contribution in [-0.4, -0.2) is 15.2 Å². The first kappa shape index (κ1) is 7.31. The van der Waals surface area contributed by atoms with Gasteiger partial charge in [-0.05, 0) is 29.8 Å². The predicted molar refractivity (Wildman–Crippen MR) is 46.3 cm³/mol. The van der Waals surface area contributed by atoms with Crippen LogP contribution in [0.1, 0.15) is 10.5 Å². The zero-order valence-electron chi connectivity index (χ0n) is 6.04. The molecule has 0 aliphatic rings. The fraction of sp³-hybridized carbons (Fsp3) is 0. The summed E-state index contributed by atoms with van der Waals surface area (Å²) in [6, 6.07) is 5.16. The van der Waals surface area contributed by atoms with E-state index in [0.29, 0.717) is 0 Å². The van der Waals surface area contributed by atoms with Gasteiger partial charge in [-0.15, -0.1) is 0 Å². The summed E-state index contributed by atoms with van der Waals surface area (Å²) in [7, 11) is 0. The molecule has 2 aromatic rings. The zero-order chi connectivity index (χ0) is 8.55. The quantitative estimate of drug-likeness (QED) is 0.682. The highest BCUT2D eigenvalue weighted by Crippen LogP contribution is 2.10. The van der Waals surface area contributed by atoms with Crippen molar-refractivity contribution in [3.63, 3.8) is 0 Å². The molecule has 0 aliphatic heterocycles. The number of nitrogens with one attached hydrogen (secondary N) is 1. The van der Waals surface area contributed by atoms with Crippen molar-refractivity contribution in [2.75, 3.05) is 0 Å². The smallest absolute Gasteiger partial charge is 0.270 e. The number of aromatic amines is 1. The number of H-pyrrole nitrogens is 1. The van der Waals surface area contributed by atoms with Crippen LogP contribution in [0.5, 0.6) is 0 Å². The monoisotopic (exact) mass is 180 g/mol. The molecule has 0 radical (unpaired) electrons. The van der Waals surface area contributed by atoms with Gasteiger partial charge in [0.25, 0.3) is 5.24 Å². The normalized spacial score (nSPS) is 10.4. The van der Waals surface area contributed by atoms with E-state index in [0.717, 1.165) is 11.0 Å². The molecule has 0 bridgehead atoms. The van der Waals surface area contributed by atoms with Gasteiger partial charge in [-0.25, -0.2) is 4.98 Å². The van der Waals surface area contributed by atoms with Gasteiger partial charge in [0.15, 0.2) is 0 Å². The number of aromatic nitrogens is 2. The van der Waals surface area contributed by atoms with Gasteiger partial charge in [-0.1, -0.05) is 0 Å². The third-order valence-corrected chi connectivity index (χ3v) is 1.80. The molecule has 0 saturated carbocycles. The van der Waals surface area contributed by atoms with Crippen molar-refractivity contribution in [3.05, 3.63) is 30.1 Å². The molecule has 0 aliphatic carbocycles. The minimum absolute atomic E-state index is 0.281. The second-order valence-corrected chi connectivity index (χ2v) is 2.72. The first-order chi connectivity index (χ1) is 5.77. The van der Waals surface area contributed by atoms with Crippen LogP contribution in [0, 0.1) is 0 Å². The summed E-state index contributed by atoms with van der Waals surface area (Å²) in [4.78, 5) is 17.7. The summed E-state index contributed by atoms with van der Waals surface area (Å²) in [5.41, 5.74) is 1.93. The Morgan fingerprint density at radius 3 is 3.00 bits per heavy atom. The number of rotatable bonds is 1. The van der Waals surface area contributed by atoms with E-state index in [1.807, 2.05) is 0 Å². The first-order valence-corrected chi connectivity index (χ1v) is 3.79. The van der Waals surface area contributed by atoms with E-state index in [1.54, 1.807) is 24.4 Å². The summed E-state index contributed by atoms with van der Waals surface area (Å²) < 4.78 is 0. The van der Waals surface area contributed by atoms with E-state index in [-0.39, 0.29) is 5.69 Å². The number of halogens is 1.